The van der Waals surface area contributed by atoms with Gasteiger partial charge in [-0.1, -0.05) is 49.6 Å². The fourth-order valence-electron chi connectivity index (χ4n) is 3.44. The predicted molar refractivity (Wildman–Crippen MR) is 86.5 cm³/mol. The lowest BCUT2D eigenvalue weighted by atomic mass is 9.84. The van der Waals surface area contributed by atoms with Crippen molar-refractivity contribution in [3.63, 3.8) is 0 Å². The van der Waals surface area contributed by atoms with Gasteiger partial charge in [-0.15, -0.1) is 0 Å². The summed E-state index contributed by atoms with van der Waals surface area (Å²) in [5.41, 5.74) is 4.76. The molecule has 1 fully saturated rings. The van der Waals surface area contributed by atoms with E-state index in [9.17, 15) is 0 Å². The molecule has 106 valence electrons. The molecule has 3 aromatic rings. The van der Waals surface area contributed by atoms with E-state index in [2.05, 4.69) is 39.8 Å². The van der Waals surface area contributed by atoms with E-state index in [-0.39, 0.29) is 0 Å². The molecule has 0 unspecified atom stereocenters. The molecular weight excluding hydrogens is 256 g/mol. The third kappa shape index (κ3) is 2.46. The van der Waals surface area contributed by atoms with Crippen LogP contribution in [0.4, 0.5) is 0 Å². The van der Waals surface area contributed by atoms with Gasteiger partial charge in [0.15, 0.2) is 0 Å². The van der Waals surface area contributed by atoms with Crippen LogP contribution in [-0.4, -0.2) is 9.38 Å². The Morgan fingerprint density at radius 2 is 1.71 bits per heavy atom. The van der Waals surface area contributed by atoms with Crippen molar-refractivity contribution in [3.05, 3.63) is 60.4 Å². The van der Waals surface area contributed by atoms with E-state index in [0.29, 0.717) is 0 Å². The van der Waals surface area contributed by atoms with Gasteiger partial charge in [0, 0.05) is 18.0 Å². The molecule has 2 heterocycles. The van der Waals surface area contributed by atoms with E-state index in [1.807, 2.05) is 24.4 Å². The van der Waals surface area contributed by atoms with Crippen LogP contribution in [0.3, 0.4) is 0 Å². The summed E-state index contributed by atoms with van der Waals surface area (Å²) in [5.74, 6) is 0.772. The Labute approximate surface area is 125 Å². The molecule has 1 aliphatic rings. The van der Waals surface area contributed by atoms with Crippen molar-refractivity contribution in [2.45, 2.75) is 38.0 Å². The quantitative estimate of drug-likeness (QED) is 0.640. The first kappa shape index (κ1) is 12.6. The third-order valence-corrected chi connectivity index (χ3v) is 4.65. The molecule has 0 bridgehead atoms. The zero-order valence-electron chi connectivity index (χ0n) is 12.2. The molecule has 0 N–H and O–H groups in total. The summed E-state index contributed by atoms with van der Waals surface area (Å²) < 4.78 is 2.07. The summed E-state index contributed by atoms with van der Waals surface area (Å²) in [7, 11) is 0. The van der Waals surface area contributed by atoms with Crippen LogP contribution < -0.4 is 0 Å². The highest BCUT2D eigenvalue weighted by molar-refractivity contribution is 5.62. The monoisotopic (exact) mass is 276 g/mol. The minimum atomic E-state index is 0.772. The van der Waals surface area contributed by atoms with Gasteiger partial charge in [-0.05, 0) is 36.5 Å². The number of nitrogens with zero attached hydrogens (tertiary/aromatic N) is 2. The largest absolute Gasteiger partial charge is 0.306 e. The van der Waals surface area contributed by atoms with E-state index in [0.717, 1.165) is 17.3 Å². The molecule has 1 aromatic carbocycles. The van der Waals surface area contributed by atoms with Crippen molar-refractivity contribution in [1.29, 1.82) is 0 Å². The van der Waals surface area contributed by atoms with Crippen molar-refractivity contribution < 1.29 is 0 Å². The highest BCUT2D eigenvalue weighted by atomic mass is 15.0. The first-order chi connectivity index (χ1) is 10.4. The lowest BCUT2D eigenvalue weighted by Crippen LogP contribution is -2.04. The maximum Gasteiger partial charge on any atom is 0.137 e. The number of pyridine rings is 1. The van der Waals surface area contributed by atoms with Crippen molar-refractivity contribution in [2.24, 2.45) is 0 Å². The minimum absolute atomic E-state index is 0.772. The molecule has 21 heavy (non-hydrogen) atoms. The summed E-state index contributed by atoms with van der Waals surface area (Å²) in [6, 6.07) is 15.2. The summed E-state index contributed by atoms with van der Waals surface area (Å²) in [6.45, 7) is 0. The number of hydrogen-bond donors (Lipinski definition) is 0. The molecular formula is C19H20N2. The molecule has 0 aliphatic heterocycles. The Kier molecular flexibility index (Phi) is 3.23. The Bertz CT molecular complexity index is 701. The summed E-state index contributed by atoms with van der Waals surface area (Å²) in [5, 5.41) is 0. The number of fused-ring (bicyclic) bond motifs is 1. The lowest BCUT2D eigenvalue weighted by Gasteiger charge is -2.21. The van der Waals surface area contributed by atoms with Crippen LogP contribution in [0.25, 0.3) is 16.9 Å². The van der Waals surface area contributed by atoms with E-state index in [1.54, 1.807) is 0 Å². The van der Waals surface area contributed by atoms with E-state index in [4.69, 9.17) is 0 Å². The summed E-state index contributed by atoms with van der Waals surface area (Å²) in [6.07, 6.45) is 11.0. The van der Waals surface area contributed by atoms with Gasteiger partial charge in [-0.2, -0.15) is 0 Å². The number of rotatable bonds is 2. The maximum atomic E-state index is 4.69. The van der Waals surface area contributed by atoms with Crippen molar-refractivity contribution in [3.8, 4) is 11.3 Å². The molecule has 0 amide bonds. The third-order valence-electron chi connectivity index (χ3n) is 4.65. The highest BCUT2D eigenvalue weighted by Gasteiger charge is 2.15. The minimum Gasteiger partial charge on any atom is -0.306 e. The molecule has 2 aromatic heterocycles. The Morgan fingerprint density at radius 3 is 2.48 bits per heavy atom. The van der Waals surface area contributed by atoms with Crippen LogP contribution in [0, 0.1) is 0 Å². The number of aromatic nitrogens is 2. The summed E-state index contributed by atoms with van der Waals surface area (Å²) in [4.78, 5) is 4.69. The Balaban J connectivity index is 1.63. The molecule has 0 spiro atoms. The lowest BCUT2D eigenvalue weighted by molar-refractivity contribution is 0.443. The van der Waals surface area contributed by atoms with E-state index < -0.39 is 0 Å². The zero-order chi connectivity index (χ0) is 14.1. The fraction of sp³-hybridized carbons (Fsp3) is 0.316. The van der Waals surface area contributed by atoms with Gasteiger partial charge in [0.1, 0.15) is 5.65 Å². The zero-order valence-corrected chi connectivity index (χ0v) is 12.2. The maximum absolute atomic E-state index is 4.69. The molecule has 0 atom stereocenters. The van der Waals surface area contributed by atoms with Gasteiger partial charge in [0.2, 0.25) is 0 Å². The Morgan fingerprint density at radius 1 is 0.905 bits per heavy atom. The van der Waals surface area contributed by atoms with E-state index >= 15 is 0 Å². The normalized spacial score (nSPS) is 16.4. The van der Waals surface area contributed by atoms with Gasteiger partial charge < -0.3 is 4.40 Å². The first-order valence-corrected chi connectivity index (χ1v) is 7.94. The van der Waals surface area contributed by atoms with Crippen molar-refractivity contribution >= 4 is 5.65 Å². The molecule has 2 heteroatoms. The average Bonchev–Trinajstić information content (AvgIpc) is 3.00. The smallest absolute Gasteiger partial charge is 0.137 e. The number of benzene rings is 1. The van der Waals surface area contributed by atoms with Crippen LogP contribution >= 0.6 is 0 Å². The number of imidazole rings is 1. The van der Waals surface area contributed by atoms with Crippen LogP contribution in [0.5, 0.6) is 0 Å². The fourth-order valence-corrected chi connectivity index (χ4v) is 3.44. The van der Waals surface area contributed by atoms with Gasteiger partial charge in [-0.3, -0.25) is 0 Å². The Hall–Kier alpha value is -2.09. The molecule has 2 nitrogen and oxygen atoms in total. The van der Waals surface area contributed by atoms with Gasteiger partial charge in [0.25, 0.3) is 0 Å². The average molecular weight is 276 g/mol. The predicted octanol–water partition coefficient (Wildman–Crippen LogP) is 5.05. The number of hydrogen-bond acceptors (Lipinski definition) is 1. The van der Waals surface area contributed by atoms with Gasteiger partial charge in [0.05, 0.1) is 5.69 Å². The molecule has 0 saturated heterocycles. The SMILES string of the molecule is c1ccn2cc(-c3ccc(C4CCCCC4)cc3)nc2c1. The van der Waals surface area contributed by atoms with Crippen molar-refractivity contribution in [2.75, 3.05) is 0 Å². The highest BCUT2D eigenvalue weighted by Crippen LogP contribution is 2.33. The van der Waals surface area contributed by atoms with Crippen molar-refractivity contribution in [1.82, 2.24) is 9.38 Å². The summed E-state index contributed by atoms with van der Waals surface area (Å²) >= 11 is 0. The second kappa shape index (κ2) is 5.36. The van der Waals surface area contributed by atoms with E-state index in [1.165, 1.54) is 43.2 Å². The molecule has 4 rings (SSSR count). The second-order valence-corrected chi connectivity index (χ2v) is 6.05. The van der Waals surface area contributed by atoms with Gasteiger partial charge in [-0.25, -0.2) is 4.98 Å². The standard InChI is InChI=1S/C19H20N2/c1-2-6-15(7-3-1)16-9-11-17(12-10-16)18-14-21-13-5-4-8-19(21)20-18/h4-5,8-15H,1-3,6-7H2. The van der Waals surface area contributed by atoms with Crippen LogP contribution in [-0.2, 0) is 0 Å². The molecule has 1 saturated carbocycles. The topological polar surface area (TPSA) is 17.3 Å². The molecule has 0 radical (unpaired) electrons. The van der Waals surface area contributed by atoms with Crippen LogP contribution in [0.2, 0.25) is 0 Å². The first-order valence-electron chi connectivity index (χ1n) is 7.94. The van der Waals surface area contributed by atoms with Crippen LogP contribution in [0.15, 0.2) is 54.9 Å². The van der Waals surface area contributed by atoms with Gasteiger partial charge >= 0.3 is 0 Å². The molecule has 1 aliphatic carbocycles. The second-order valence-electron chi connectivity index (χ2n) is 6.05. The van der Waals surface area contributed by atoms with Crippen LogP contribution in [0.1, 0.15) is 43.6 Å².